The molecule has 2 heterocycles. The molecule has 0 saturated heterocycles. The number of aromatic nitrogens is 4. The van der Waals surface area contributed by atoms with E-state index in [-0.39, 0.29) is 0 Å². The zero-order chi connectivity index (χ0) is 11.2. The van der Waals surface area contributed by atoms with E-state index in [4.69, 9.17) is 4.74 Å². The minimum absolute atomic E-state index is 0.542. The Morgan fingerprint density at radius 3 is 3.06 bits per heavy atom. The average molecular weight is 219 g/mol. The number of anilines is 1. The summed E-state index contributed by atoms with van der Waals surface area (Å²) in [5, 5.41) is 9.77. The zero-order valence-electron chi connectivity index (χ0n) is 8.97. The third kappa shape index (κ3) is 2.69. The number of hydrogen-bond acceptors (Lipinski definition) is 5. The first-order valence-corrected chi connectivity index (χ1v) is 5.06. The summed E-state index contributed by atoms with van der Waals surface area (Å²) in [4.78, 5) is 8.27. The zero-order valence-corrected chi connectivity index (χ0v) is 8.97. The lowest BCUT2D eigenvalue weighted by Gasteiger charge is -2.05. The Morgan fingerprint density at radius 2 is 2.31 bits per heavy atom. The van der Waals surface area contributed by atoms with Gasteiger partial charge >= 0.3 is 0 Å². The summed E-state index contributed by atoms with van der Waals surface area (Å²) in [6, 6.07) is 3.62. The molecule has 6 nitrogen and oxygen atoms in total. The summed E-state index contributed by atoms with van der Waals surface area (Å²) < 4.78 is 5.27. The van der Waals surface area contributed by atoms with E-state index in [1.807, 2.05) is 13.0 Å². The molecule has 2 aromatic rings. The molecule has 2 aromatic heterocycles. The molecule has 0 aliphatic rings. The summed E-state index contributed by atoms with van der Waals surface area (Å²) in [7, 11) is 0. The Kier molecular flexibility index (Phi) is 3.32. The molecule has 84 valence electrons. The maximum Gasteiger partial charge on any atom is 0.226 e. The summed E-state index contributed by atoms with van der Waals surface area (Å²) >= 11 is 0. The van der Waals surface area contributed by atoms with Gasteiger partial charge in [-0.3, -0.25) is 5.10 Å². The van der Waals surface area contributed by atoms with Crippen molar-refractivity contribution in [1.29, 1.82) is 0 Å². The van der Waals surface area contributed by atoms with E-state index in [1.165, 1.54) is 0 Å². The van der Waals surface area contributed by atoms with Crippen LogP contribution < -0.4 is 10.1 Å². The minimum Gasteiger partial charge on any atom is -0.478 e. The topological polar surface area (TPSA) is 75.7 Å². The van der Waals surface area contributed by atoms with Crippen LogP contribution in [0.4, 0.5) is 5.95 Å². The van der Waals surface area contributed by atoms with Crippen LogP contribution in [-0.2, 0) is 6.54 Å². The lowest BCUT2D eigenvalue weighted by Crippen LogP contribution is -2.05. The lowest BCUT2D eigenvalue weighted by molar-refractivity contribution is 0.326. The first-order valence-electron chi connectivity index (χ1n) is 5.06. The largest absolute Gasteiger partial charge is 0.478 e. The number of aromatic amines is 1. The molecule has 2 N–H and O–H groups in total. The standard InChI is InChI=1S/C10H13N5O/c1-2-16-9-4-5-11-10(14-9)12-7-8-3-6-13-15-8/h3-6H,2,7H2,1H3,(H,13,15)(H,11,12,14). The van der Waals surface area contributed by atoms with Crippen molar-refractivity contribution in [3.05, 3.63) is 30.2 Å². The molecule has 0 unspecified atom stereocenters. The number of ether oxygens (including phenoxy) is 1. The molecule has 0 fully saturated rings. The number of rotatable bonds is 5. The van der Waals surface area contributed by atoms with Crippen LogP contribution in [0.25, 0.3) is 0 Å². The second-order valence-electron chi connectivity index (χ2n) is 3.09. The quantitative estimate of drug-likeness (QED) is 0.790. The molecule has 0 atom stereocenters. The predicted molar refractivity (Wildman–Crippen MR) is 59.1 cm³/mol. The van der Waals surface area contributed by atoms with Crippen LogP contribution in [0.5, 0.6) is 5.88 Å². The van der Waals surface area contributed by atoms with Crippen LogP contribution in [-0.4, -0.2) is 26.8 Å². The van der Waals surface area contributed by atoms with Crippen LogP contribution in [0, 0.1) is 0 Å². The van der Waals surface area contributed by atoms with Crippen molar-refractivity contribution in [2.75, 3.05) is 11.9 Å². The van der Waals surface area contributed by atoms with Gasteiger partial charge < -0.3 is 10.1 Å². The fourth-order valence-electron chi connectivity index (χ4n) is 1.21. The van der Waals surface area contributed by atoms with Gasteiger partial charge in [0, 0.05) is 18.5 Å². The van der Waals surface area contributed by atoms with Gasteiger partial charge in [-0.25, -0.2) is 4.98 Å². The van der Waals surface area contributed by atoms with Gasteiger partial charge in [0.1, 0.15) is 0 Å². The van der Waals surface area contributed by atoms with Gasteiger partial charge in [0.05, 0.1) is 18.8 Å². The Balaban J connectivity index is 1.96. The van der Waals surface area contributed by atoms with Gasteiger partial charge in [0.2, 0.25) is 11.8 Å². The highest BCUT2D eigenvalue weighted by molar-refractivity contribution is 5.28. The van der Waals surface area contributed by atoms with E-state index < -0.39 is 0 Å². The highest BCUT2D eigenvalue weighted by Gasteiger charge is 1.99. The molecule has 0 spiro atoms. The SMILES string of the molecule is CCOc1ccnc(NCc2ccn[nH]2)n1. The summed E-state index contributed by atoms with van der Waals surface area (Å²) in [5.41, 5.74) is 0.977. The molecule has 6 heteroatoms. The van der Waals surface area contributed by atoms with Gasteiger partial charge in [-0.1, -0.05) is 0 Å². The number of H-pyrrole nitrogens is 1. The number of nitrogens with zero attached hydrogens (tertiary/aromatic N) is 3. The highest BCUT2D eigenvalue weighted by atomic mass is 16.5. The van der Waals surface area contributed by atoms with Crippen molar-refractivity contribution in [1.82, 2.24) is 20.2 Å². The molecule has 0 aromatic carbocycles. The highest BCUT2D eigenvalue weighted by Crippen LogP contribution is 2.08. The number of nitrogens with one attached hydrogen (secondary N) is 2. The fraction of sp³-hybridized carbons (Fsp3) is 0.300. The van der Waals surface area contributed by atoms with E-state index in [2.05, 4.69) is 25.5 Å². The van der Waals surface area contributed by atoms with Crippen LogP contribution in [0.1, 0.15) is 12.6 Å². The van der Waals surface area contributed by atoms with Gasteiger partial charge in [-0.2, -0.15) is 10.1 Å². The molecule has 0 aliphatic heterocycles. The summed E-state index contributed by atoms with van der Waals surface area (Å²) in [6.07, 6.45) is 3.36. The second-order valence-corrected chi connectivity index (χ2v) is 3.09. The van der Waals surface area contributed by atoms with E-state index >= 15 is 0 Å². The molecular weight excluding hydrogens is 206 g/mol. The lowest BCUT2D eigenvalue weighted by atomic mass is 10.4. The number of hydrogen-bond donors (Lipinski definition) is 2. The van der Waals surface area contributed by atoms with Crippen LogP contribution in [0.15, 0.2) is 24.5 Å². The third-order valence-corrected chi connectivity index (χ3v) is 1.92. The van der Waals surface area contributed by atoms with E-state index in [0.717, 1.165) is 5.69 Å². The van der Waals surface area contributed by atoms with E-state index in [0.29, 0.717) is 25.0 Å². The minimum atomic E-state index is 0.542. The smallest absolute Gasteiger partial charge is 0.226 e. The molecule has 0 amide bonds. The maximum atomic E-state index is 5.27. The van der Waals surface area contributed by atoms with Gasteiger partial charge in [-0.15, -0.1) is 0 Å². The molecular formula is C10H13N5O. The van der Waals surface area contributed by atoms with Crippen LogP contribution in [0.3, 0.4) is 0 Å². The first kappa shape index (κ1) is 10.4. The van der Waals surface area contributed by atoms with Crippen molar-refractivity contribution in [3.63, 3.8) is 0 Å². The normalized spacial score (nSPS) is 10.1. The van der Waals surface area contributed by atoms with Crippen molar-refractivity contribution in [3.8, 4) is 5.88 Å². The molecule has 0 radical (unpaired) electrons. The van der Waals surface area contributed by atoms with Gasteiger partial charge in [0.15, 0.2) is 0 Å². The molecule has 16 heavy (non-hydrogen) atoms. The maximum absolute atomic E-state index is 5.27. The molecule has 2 rings (SSSR count). The van der Waals surface area contributed by atoms with Crippen LogP contribution >= 0.6 is 0 Å². The van der Waals surface area contributed by atoms with Crippen molar-refractivity contribution >= 4 is 5.95 Å². The van der Waals surface area contributed by atoms with E-state index in [9.17, 15) is 0 Å². The molecule has 0 aliphatic carbocycles. The Labute approximate surface area is 93.1 Å². The van der Waals surface area contributed by atoms with Crippen molar-refractivity contribution < 1.29 is 4.74 Å². The average Bonchev–Trinajstić information content (AvgIpc) is 2.80. The Hall–Kier alpha value is -2.11. The Bertz CT molecular complexity index is 429. The second kappa shape index (κ2) is 5.11. The first-order chi connectivity index (χ1) is 7.88. The summed E-state index contributed by atoms with van der Waals surface area (Å²) in [6.45, 7) is 3.12. The van der Waals surface area contributed by atoms with Gasteiger partial charge in [-0.05, 0) is 13.0 Å². The fourth-order valence-corrected chi connectivity index (χ4v) is 1.21. The summed E-state index contributed by atoms with van der Waals surface area (Å²) in [5.74, 6) is 1.12. The molecule has 0 bridgehead atoms. The predicted octanol–water partition coefficient (Wildman–Crippen LogP) is 1.21. The van der Waals surface area contributed by atoms with E-state index in [1.54, 1.807) is 18.5 Å². The van der Waals surface area contributed by atoms with Crippen LogP contribution in [0.2, 0.25) is 0 Å². The van der Waals surface area contributed by atoms with Crippen molar-refractivity contribution in [2.24, 2.45) is 0 Å². The van der Waals surface area contributed by atoms with Gasteiger partial charge in [0.25, 0.3) is 0 Å². The molecule has 0 saturated carbocycles. The van der Waals surface area contributed by atoms with Crippen molar-refractivity contribution in [2.45, 2.75) is 13.5 Å². The monoisotopic (exact) mass is 219 g/mol. The third-order valence-electron chi connectivity index (χ3n) is 1.92. The Morgan fingerprint density at radius 1 is 1.38 bits per heavy atom.